The third kappa shape index (κ3) is 4.50. The minimum atomic E-state index is -0.176. The molecule has 1 aromatic heterocycles. The molecule has 0 amide bonds. The molecule has 27 heavy (non-hydrogen) atoms. The van der Waals surface area contributed by atoms with Crippen molar-refractivity contribution in [2.45, 2.75) is 38.1 Å². The van der Waals surface area contributed by atoms with Gasteiger partial charge in [0.2, 0.25) is 0 Å². The molecule has 3 aromatic rings. The van der Waals surface area contributed by atoms with E-state index in [2.05, 4.69) is 57.0 Å². The highest BCUT2D eigenvalue weighted by molar-refractivity contribution is 5.76. The Labute approximate surface area is 159 Å². The Morgan fingerprint density at radius 2 is 1.89 bits per heavy atom. The summed E-state index contributed by atoms with van der Waals surface area (Å²) in [6.45, 7) is 2.20. The molecule has 4 rings (SSSR count). The summed E-state index contributed by atoms with van der Waals surface area (Å²) in [5.41, 5.74) is 3.82. The van der Waals surface area contributed by atoms with Gasteiger partial charge in [0.15, 0.2) is 0 Å². The van der Waals surface area contributed by atoms with E-state index < -0.39 is 0 Å². The molecule has 0 bridgehead atoms. The summed E-state index contributed by atoms with van der Waals surface area (Å²) in [6.07, 6.45) is 5.89. The van der Waals surface area contributed by atoms with Gasteiger partial charge >= 0.3 is 5.69 Å². The summed E-state index contributed by atoms with van der Waals surface area (Å²) in [5.74, 6) is 6.55. The van der Waals surface area contributed by atoms with Crippen LogP contribution in [0, 0.1) is 11.8 Å². The lowest BCUT2D eigenvalue weighted by Crippen LogP contribution is -2.41. The number of fused-ring (bicyclic) bond motifs is 1. The highest BCUT2D eigenvalue weighted by atomic mass is 16.1. The van der Waals surface area contributed by atoms with Crippen molar-refractivity contribution in [1.29, 1.82) is 0 Å². The van der Waals surface area contributed by atoms with E-state index in [9.17, 15) is 4.79 Å². The predicted octanol–water partition coefficient (Wildman–Crippen LogP) is 3.70. The van der Waals surface area contributed by atoms with Crippen LogP contribution in [-0.4, -0.2) is 34.0 Å². The average Bonchev–Trinajstić information content (AvgIpc) is 3.06. The van der Waals surface area contributed by atoms with Crippen LogP contribution in [0.5, 0.6) is 0 Å². The predicted molar refractivity (Wildman–Crippen MR) is 110 cm³/mol. The van der Waals surface area contributed by atoms with Crippen molar-refractivity contribution in [3.05, 3.63) is 70.1 Å². The third-order valence-corrected chi connectivity index (χ3v) is 5.34. The number of likely N-dealkylation sites (tertiary alicyclic amines) is 1. The first kappa shape index (κ1) is 17.6. The third-order valence-electron chi connectivity index (χ3n) is 5.34. The smallest absolute Gasteiger partial charge is 0.306 e. The molecule has 2 N–H and O–H groups in total. The highest BCUT2D eigenvalue weighted by Gasteiger charge is 2.21. The maximum atomic E-state index is 11.3. The minimum absolute atomic E-state index is 0.176. The zero-order valence-corrected chi connectivity index (χ0v) is 15.5. The van der Waals surface area contributed by atoms with Crippen LogP contribution in [0.25, 0.3) is 11.0 Å². The molecule has 0 saturated carbocycles. The fraction of sp³-hybridized carbons (Fsp3) is 0.348. The zero-order valence-electron chi connectivity index (χ0n) is 15.5. The van der Waals surface area contributed by atoms with Crippen LogP contribution in [-0.2, 0) is 6.42 Å². The minimum Gasteiger partial charge on any atom is -0.306 e. The molecule has 1 atom stereocenters. The molecule has 1 aliphatic heterocycles. The molecule has 0 spiro atoms. The Morgan fingerprint density at radius 1 is 1.04 bits per heavy atom. The summed E-state index contributed by atoms with van der Waals surface area (Å²) in [4.78, 5) is 19.5. The quantitative estimate of drug-likeness (QED) is 0.698. The number of nitrogens with one attached hydrogen (secondary N) is 2. The Bertz CT molecular complexity index is 1010. The number of imidazole rings is 1. The Morgan fingerprint density at radius 3 is 2.78 bits per heavy atom. The number of hydrogen-bond donors (Lipinski definition) is 2. The number of benzene rings is 2. The van der Waals surface area contributed by atoms with Crippen molar-refractivity contribution in [2.75, 3.05) is 13.1 Å². The van der Waals surface area contributed by atoms with Crippen molar-refractivity contribution in [3.8, 4) is 11.8 Å². The van der Waals surface area contributed by atoms with Crippen LogP contribution in [0.1, 0.15) is 36.8 Å². The van der Waals surface area contributed by atoms with E-state index in [0.29, 0.717) is 6.04 Å². The average molecular weight is 359 g/mol. The number of nitrogens with zero attached hydrogens (tertiary/aromatic N) is 1. The van der Waals surface area contributed by atoms with Gasteiger partial charge in [-0.3, -0.25) is 4.90 Å². The molecule has 4 nitrogen and oxygen atoms in total. The Hall–Kier alpha value is -2.77. The number of piperidine rings is 1. The van der Waals surface area contributed by atoms with Crippen LogP contribution in [0.15, 0.2) is 53.3 Å². The molecule has 1 aliphatic rings. The van der Waals surface area contributed by atoms with Crippen LogP contribution >= 0.6 is 0 Å². The van der Waals surface area contributed by atoms with Gasteiger partial charge in [-0.25, -0.2) is 4.79 Å². The first-order valence-corrected chi connectivity index (χ1v) is 9.77. The van der Waals surface area contributed by atoms with E-state index in [4.69, 9.17) is 0 Å². The number of hydrogen-bond acceptors (Lipinski definition) is 2. The van der Waals surface area contributed by atoms with E-state index in [1.54, 1.807) is 0 Å². The lowest BCUT2D eigenvalue weighted by Gasteiger charge is -2.35. The van der Waals surface area contributed by atoms with Gasteiger partial charge < -0.3 is 9.97 Å². The normalized spacial score (nSPS) is 17.6. The van der Waals surface area contributed by atoms with Crippen LogP contribution < -0.4 is 5.69 Å². The van der Waals surface area contributed by atoms with Gasteiger partial charge in [-0.15, -0.1) is 0 Å². The zero-order chi connectivity index (χ0) is 18.5. The second-order valence-corrected chi connectivity index (χ2v) is 7.27. The molecule has 138 valence electrons. The van der Waals surface area contributed by atoms with Gasteiger partial charge in [0, 0.05) is 24.6 Å². The van der Waals surface area contributed by atoms with Crippen LogP contribution in [0.4, 0.5) is 0 Å². The molecular formula is C23H25N3O. The Balaban J connectivity index is 1.36. The van der Waals surface area contributed by atoms with Crippen molar-refractivity contribution >= 4 is 11.0 Å². The van der Waals surface area contributed by atoms with E-state index >= 15 is 0 Å². The molecule has 2 heterocycles. The number of aromatic amines is 2. The standard InChI is InChI=1S/C23H25N3O/c27-23-24-21-13-12-19(17-22(21)25-23)10-4-6-14-26-15-7-5-11-20(26)16-18-8-2-1-3-9-18/h1-3,8-9,12-13,17,20H,5-7,11,14-16H2,(H2,24,25,27). The van der Waals surface area contributed by atoms with E-state index in [0.717, 1.165) is 36.0 Å². The van der Waals surface area contributed by atoms with E-state index in [1.165, 1.54) is 31.4 Å². The molecule has 2 aromatic carbocycles. The SMILES string of the molecule is O=c1[nH]c2ccc(C#CCCN3CCCCC3Cc3ccccc3)cc2[nH]1. The summed E-state index contributed by atoms with van der Waals surface area (Å²) in [6, 6.07) is 17.2. The van der Waals surface area contributed by atoms with Gasteiger partial charge in [0.25, 0.3) is 0 Å². The molecule has 1 unspecified atom stereocenters. The summed E-state index contributed by atoms with van der Waals surface area (Å²) < 4.78 is 0. The van der Waals surface area contributed by atoms with Gasteiger partial charge in [0.1, 0.15) is 0 Å². The largest absolute Gasteiger partial charge is 0.323 e. The lowest BCUT2D eigenvalue weighted by molar-refractivity contribution is 0.151. The monoisotopic (exact) mass is 359 g/mol. The fourth-order valence-electron chi connectivity index (χ4n) is 3.95. The van der Waals surface area contributed by atoms with Gasteiger partial charge in [-0.2, -0.15) is 0 Å². The molecule has 1 fully saturated rings. The van der Waals surface area contributed by atoms with Crippen molar-refractivity contribution in [3.63, 3.8) is 0 Å². The second kappa shape index (κ2) is 8.28. The van der Waals surface area contributed by atoms with Crippen molar-refractivity contribution in [1.82, 2.24) is 14.9 Å². The Kier molecular flexibility index (Phi) is 5.41. The first-order chi connectivity index (χ1) is 13.3. The molecule has 4 heteroatoms. The van der Waals surface area contributed by atoms with Crippen molar-refractivity contribution in [2.24, 2.45) is 0 Å². The number of rotatable bonds is 4. The maximum Gasteiger partial charge on any atom is 0.323 e. The van der Waals surface area contributed by atoms with Crippen molar-refractivity contribution < 1.29 is 0 Å². The molecular weight excluding hydrogens is 334 g/mol. The lowest BCUT2D eigenvalue weighted by atomic mass is 9.95. The molecule has 0 aliphatic carbocycles. The number of H-pyrrole nitrogens is 2. The fourth-order valence-corrected chi connectivity index (χ4v) is 3.95. The highest BCUT2D eigenvalue weighted by Crippen LogP contribution is 2.21. The van der Waals surface area contributed by atoms with E-state index in [-0.39, 0.29) is 5.69 Å². The number of aromatic nitrogens is 2. The summed E-state index contributed by atoms with van der Waals surface area (Å²) in [5, 5.41) is 0. The summed E-state index contributed by atoms with van der Waals surface area (Å²) in [7, 11) is 0. The van der Waals surface area contributed by atoms with Gasteiger partial charge in [-0.05, 0) is 49.6 Å². The molecule has 1 saturated heterocycles. The topological polar surface area (TPSA) is 51.9 Å². The van der Waals surface area contributed by atoms with Crippen LogP contribution in [0.2, 0.25) is 0 Å². The maximum absolute atomic E-state index is 11.3. The van der Waals surface area contributed by atoms with Crippen LogP contribution in [0.3, 0.4) is 0 Å². The van der Waals surface area contributed by atoms with Gasteiger partial charge in [-0.1, -0.05) is 48.6 Å². The summed E-state index contributed by atoms with van der Waals surface area (Å²) >= 11 is 0. The second-order valence-electron chi connectivity index (χ2n) is 7.27. The first-order valence-electron chi connectivity index (χ1n) is 9.77. The molecule has 0 radical (unpaired) electrons. The van der Waals surface area contributed by atoms with Gasteiger partial charge in [0.05, 0.1) is 11.0 Å². The van der Waals surface area contributed by atoms with E-state index in [1.807, 2.05) is 18.2 Å².